The number of aliphatic hydroxyl groups is 2. The molecule has 2 atom stereocenters. The Hall–Kier alpha value is -1.49. The second-order valence-corrected chi connectivity index (χ2v) is 4.95. The van der Waals surface area contributed by atoms with Gasteiger partial charge >= 0.3 is 12.4 Å². The molecule has 0 aliphatic carbocycles. The molecule has 0 aromatic carbocycles. The Morgan fingerprint density at radius 1 is 1.14 bits per heavy atom. The molecule has 1 aromatic rings. The molecule has 2 unspecified atom stereocenters. The van der Waals surface area contributed by atoms with E-state index in [0.717, 1.165) is 14.0 Å². The minimum Gasteiger partial charge on any atom is -0.376 e. The first-order chi connectivity index (χ1) is 9.23. The van der Waals surface area contributed by atoms with Crippen molar-refractivity contribution in [1.29, 1.82) is 0 Å². The van der Waals surface area contributed by atoms with Crippen molar-refractivity contribution in [3.05, 3.63) is 11.3 Å². The molecule has 0 amide bonds. The molecule has 11 heteroatoms. The van der Waals surface area contributed by atoms with Crippen molar-refractivity contribution in [2.45, 2.75) is 37.0 Å². The molecule has 0 saturated heterocycles. The summed E-state index contributed by atoms with van der Waals surface area (Å²) in [6.45, 7) is 1.12. The highest BCUT2D eigenvalue weighted by Gasteiger charge is 2.69. The molecular formula is C10H11F6N3O2. The molecule has 0 bridgehead atoms. The van der Waals surface area contributed by atoms with Crippen molar-refractivity contribution < 1.29 is 36.6 Å². The van der Waals surface area contributed by atoms with Gasteiger partial charge in [0.25, 0.3) is 0 Å². The van der Waals surface area contributed by atoms with E-state index in [1.807, 2.05) is 0 Å². The Morgan fingerprint density at radius 3 is 2.10 bits per heavy atom. The van der Waals surface area contributed by atoms with Crippen LogP contribution in [0, 0.1) is 6.92 Å². The molecule has 2 rings (SSSR count). The number of alkyl halides is 6. The van der Waals surface area contributed by atoms with Gasteiger partial charge in [-0.05, 0) is 6.92 Å². The Bertz CT molecular complexity index is 581. The van der Waals surface area contributed by atoms with Gasteiger partial charge in [0, 0.05) is 13.5 Å². The van der Waals surface area contributed by atoms with Crippen LogP contribution in [0.3, 0.4) is 0 Å². The first-order valence-electron chi connectivity index (χ1n) is 5.63. The molecule has 0 saturated carbocycles. The summed E-state index contributed by atoms with van der Waals surface area (Å²) < 4.78 is 78.7. The molecule has 2 heterocycles. The lowest BCUT2D eigenvalue weighted by molar-refractivity contribution is -0.317. The largest absolute Gasteiger partial charge is 0.436 e. The number of nitrogens with zero attached hydrogens (tertiary/aromatic N) is 2. The molecule has 0 spiro atoms. The summed E-state index contributed by atoms with van der Waals surface area (Å²) >= 11 is 0. The molecule has 5 nitrogen and oxygen atoms in total. The van der Waals surface area contributed by atoms with Gasteiger partial charge in [-0.3, -0.25) is 4.68 Å². The fourth-order valence-electron chi connectivity index (χ4n) is 2.41. The van der Waals surface area contributed by atoms with Gasteiger partial charge in [0.2, 0.25) is 5.72 Å². The van der Waals surface area contributed by atoms with Gasteiger partial charge in [0.1, 0.15) is 5.82 Å². The van der Waals surface area contributed by atoms with Crippen LogP contribution in [-0.2, 0) is 12.6 Å². The second-order valence-electron chi connectivity index (χ2n) is 4.95. The van der Waals surface area contributed by atoms with Gasteiger partial charge in [-0.2, -0.15) is 31.4 Å². The molecule has 0 fully saturated rings. The summed E-state index contributed by atoms with van der Waals surface area (Å²) in [4.78, 5) is 0. The van der Waals surface area contributed by atoms with Crippen LogP contribution >= 0.6 is 0 Å². The number of aromatic nitrogens is 2. The fourth-order valence-corrected chi connectivity index (χ4v) is 2.41. The predicted octanol–water partition coefficient (Wildman–Crippen LogP) is 1.54. The van der Waals surface area contributed by atoms with E-state index in [4.69, 9.17) is 0 Å². The highest BCUT2D eigenvalue weighted by Crippen LogP contribution is 2.54. The van der Waals surface area contributed by atoms with Crippen LogP contribution in [0.25, 0.3) is 0 Å². The van der Waals surface area contributed by atoms with E-state index in [-0.39, 0.29) is 5.69 Å². The van der Waals surface area contributed by atoms with Crippen LogP contribution in [0.1, 0.15) is 17.7 Å². The Labute approximate surface area is 114 Å². The van der Waals surface area contributed by atoms with Gasteiger partial charge in [-0.15, -0.1) is 0 Å². The van der Waals surface area contributed by atoms with Gasteiger partial charge in [0.05, 0.1) is 11.3 Å². The topological polar surface area (TPSA) is 70.3 Å². The average Bonchev–Trinajstić information content (AvgIpc) is 2.51. The smallest absolute Gasteiger partial charge is 0.376 e. The maximum atomic E-state index is 13.1. The number of nitrogens with one attached hydrogen (secondary N) is 1. The van der Waals surface area contributed by atoms with Gasteiger partial charge in [-0.1, -0.05) is 0 Å². The zero-order chi connectivity index (χ0) is 16.4. The van der Waals surface area contributed by atoms with Crippen LogP contribution < -0.4 is 5.32 Å². The number of halogens is 6. The van der Waals surface area contributed by atoms with Crippen LogP contribution in [0.4, 0.5) is 32.2 Å². The number of fused-ring (bicyclic) bond motifs is 1. The third kappa shape index (κ3) is 2.06. The SMILES string of the molecule is Cc1nn(C)c2c1C(O)(C(F)(F)F)CC(O)(C(F)(F)F)N2. The number of hydrogen-bond donors (Lipinski definition) is 3. The summed E-state index contributed by atoms with van der Waals surface area (Å²) in [5.74, 6) is -0.738. The predicted molar refractivity (Wildman–Crippen MR) is 57.1 cm³/mol. The lowest BCUT2D eigenvalue weighted by Crippen LogP contribution is -2.62. The highest BCUT2D eigenvalue weighted by atomic mass is 19.4. The van der Waals surface area contributed by atoms with E-state index in [9.17, 15) is 36.6 Å². The van der Waals surface area contributed by atoms with Gasteiger partial charge in [-0.25, -0.2) is 0 Å². The lowest BCUT2D eigenvalue weighted by atomic mass is 9.81. The minimum atomic E-state index is -5.43. The number of aryl methyl sites for hydroxylation is 2. The summed E-state index contributed by atoms with van der Waals surface area (Å²) in [5, 5.41) is 24.6. The van der Waals surface area contributed by atoms with Gasteiger partial charge < -0.3 is 15.5 Å². The standard InChI is InChI=1S/C10H11F6N3O2/c1-4-5-6(19(2)18-4)17-8(21,10(14,15)16)3-7(5,20)9(11,12)13/h17,20-21H,3H2,1-2H3. The first-order valence-corrected chi connectivity index (χ1v) is 5.63. The van der Waals surface area contributed by atoms with Crippen LogP contribution in [0.2, 0.25) is 0 Å². The molecule has 1 aliphatic rings. The summed E-state index contributed by atoms with van der Waals surface area (Å²) in [6, 6.07) is 0. The first kappa shape index (κ1) is 15.9. The fraction of sp³-hybridized carbons (Fsp3) is 0.700. The quantitative estimate of drug-likeness (QED) is 0.635. The van der Waals surface area contributed by atoms with Crippen molar-refractivity contribution in [2.75, 3.05) is 5.32 Å². The Balaban J connectivity index is 2.74. The van der Waals surface area contributed by atoms with E-state index in [1.165, 1.54) is 0 Å². The molecule has 3 N–H and O–H groups in total. The second kappa shape index (κ2) is 4.03. The number of hydrogen-bond acceptors (Lipinski definition) is 4. The third-order valence-electron chi connectivity index (χ3n) is 3.41. The van der Waals surface area contributed by atoms with Crippen molar-refractivity contribution in [3.8, 4) is 0 Å². The van der Waals surface area contributed by atoms with E-state index in [1.54, 1.807) is 5.32 Å². The van der Waals surface area contributed by atoms with E-state index < -0.39 is 41.5 Å². The van der Waals surface area contributed by atoms with Crippen molar-refractivity contribution in [3.63, 3.8) is 0 Å². The molecule has 21 heavy (non-hydrogen) atoms. The zero-order valence-corrected chi connectivity index (χ0v) is 10.8. The summed E-state index contributed by atoms with van der Waals surface area (Å²) in [6.07, 6.45) is -12.9. The molecule has 1 aromatic heterocycles. The van der Waals surface area contributed by atoms with Crippen LogP contribution in [0.15, 0.2) is 0 Å². The average molecular weight is 319 g/mol. The van der Waals surface area contributed by atoms with E-state index >= 15 is 0 Å². The van der Waals surface area contributed by atoms with Crippen LogP contribution in [-0.4, -0.2) is 38.1 Å². The third-order valence-corrected chi connectivity index (χ3v) is 3.41. The maximum Gasteiger partial charge on any atom is 0.436 e. The lowest BCUT2D eigenvalue weighted by Gasteiger charge is -2.44. The van der Waals surface area contributed by atoms with Gasteiger partial charge in [0.15, 0.2) is 5.60 Å². The Kier molecular flexibility index (Phi) is 3.05. The highest BCUT2D eigenvalue weighted by molar-refractivity contribution is 5.56. The van der Waals surface area contributed by atoms with Crippen molar-refractivity contribution in [1.82, 2.24) is 9.78 Å². The Morgan fingerprint density at radius 2 is 1.67 bits per heavy atom. The van der Waals surface area contributed by atoms with Crippen molar-refractivity contribution in [2.24, 2.45) is 7.05 Å². The normalized spacial score (nSPS) is 30.0. The molecule has 1 aliphatic heterocycles. The number of anilines is 1. The van der Waals surface area contributed by atoms with E-state index in [2.05, 4.69) is 5.10 Å². The van der Waals surface area contributed by atoms with Crippen LogP contribution in [0.5, 0.6) is 0 Å². The molecular weight excluding hydrogens is 308 g/mol. The van der Waals surface area contributed by atoms with Crippen molar-refractivity contribution >= 4 is 5.82 Å². The summed E-state index contributed by atoms with van der Waals surface area (Å²) in [5.41, 5.74) is -8.91. The monoisotopic (exact) mass is 319 g/mol. The van der Waals surface area contributed by atoms with E-state index in [0.29, 0.717) is 4.68 Å². The minimum absolute atomic E-state index is 0.288. The molecule has 120 valence electrons. The number of rotatable bonds is 0. The molecule has 0 radical (unpaired) electrons. The summed E-state index contributed by atoms with van der Waals surface area (Å²) in [7, 11) is 1.09. The zero-order valence-electron chi connectivity index (χ0n) is 10.8. The maximum absolute atomic E-state index is 13.1.